The van der Waals surface area contributed by atoms with Crippen molar-refractivity contribution in [2.24, 2.45) is 5.92 Å². The van der Waals surface area contributed by atoms with E-state index in [0.29, 0.717) is 31.7 Å². The van der Waals surface area contributed by atoms with Crippen LogP contribution in [0.1, 0.15) is 45.4 Å². The second-order valence-electron chi connectivity index (χ2n) is 5.33. The number of esters is 1. The first-order valence-electron chi connectivity index (χ1n) is 7.12. The van der Waals surface area contributed by atoms with Gasteiger partial charge in [0.2, 0.25) is 5.91 Å². The van der Waals surface area contributed by atoms with Crippen LogP contribution in [0.2, 0.25) is 0 Å². The summed E-state index contributed by atoms with van der Waals surface area (Å²) in [5.74, 6) is 0.265. The lowest BCUT2D eigenvalue weighted by Gasteiger charge is -2.38. The summed E-state index contributed by atoms with van der Waals surface area (Å²) in [6.07, 6.45) is 4.82. The molecular formula is C14H26N2O3. The highest BCUT2D eigenvalue weighted by Gasteiger charge is 2.43. The summed E-state index contributed by atoms with van der Waals surface area (Å²) in [5, 5.41) is 5.84. The SMILES string of the molecule is CCC1CCC(NC(=O)CCNC)(C(=O)OC)CC1. The third-order valence-electron chi connectivity index (χ3n) is 4.09. The highest BCUT2D eigenvalue weighted by atomic mass is 16.5. The Morgan fingerprint density at radius 1 is 1.32 bits per heavy atom. The minimum atomic E-state index is -0.800. The molecule has 110 valence electrons. The first-order valence-corrected chi connectivity index (χ1v) is 7.12. The molecule has 0 bridgehead atoms. The molecule has 0 radical (unpaired) electrons. The minimum Gasteiger partial charge on any atom is -0.467 e. The van der Waals surface area contributed by atoms with E-state index in [1.165, 1.54) is 7.11 Å². The summed E-state index contributed by atoms with van der Waals surface area (Å²) in [5.41, 5.74) is -0.800. The van der Waals surface area contributed by atoms with E-state index in [9.17, 15) is 9.59 Å². The van der Waals surface area contributed by atoms with Crippen LogP contribution in [-0.2, 0) is 14.3 Å². The van der Waals surface area contributed by atoms with Gasteiger partial charge in [-0.15, -0.1) is 0 Å². The molecule has 0 spiro atoms. The number of hydrogen-bond donors (Lipinski definition) is 2. The van der Waals surface area contributed by atoms with Crippen molar-refractivity contribution in [3.8, 4) is 0 Å². The van der Waals surface area contributed by atoms with Gasteiger partial charge in [-0.3, -0.25) is 4.79 Å². The van der Waals surface area contributed by atoms with Gasteiger partial charge in [-0.1, -0.05) is 13.3 Å². The average Bonchev–Trinajstić information content (AvgIpc) is 2.44. The number of carbonyl (C=O) groups excluding carboxylic acids is 2. The lowest BCUT2D eigenvalue weighted by molar-refractivity contribution is -0.153. The lowest BCUT2D eigenvalue weighted by atomic mass is 9.75. The monoisotopic (exact) mass is 270 g/mol. The summed E-state index contributed by atoms with van der Waals surface area (Å²) in [6.45, 7) is 2.78. The van der Waals surface area contributed by atoms with E-state index >= 15 is 0 Å². The van der Waals surface area contributed by atoms with E-state index in [0.717, 1.165) is 19.3 Å². The fraction of sp³-hybridized carbons (Fsp3) is 0.857. The summed E-state index contributed by atoms with van der Waals surface area (Å²) in [7, 11) is 3.19. The molecule has 0 unspecified atom stereocenters. The Bertz CT molecular complexity index is 310. The Kier molecular flexibility index (Phi) is 6.28. The van der Waals surface area contributed by atoms with Crippen LogP contribution < -0.4 is 10.6 Å². The van der Waals surface area contributed by atoms with E-state index in [1.807, 2.05) is 0 Å². The number of nitrogens with one attached hydrogen (secondary N) is 2. The van der Waals surface area contributed by atoms with E-state index < -0.39 is 5.54 Å². The Hall–Kier alpha value is -1.10. The highest BCUT2D eigenvalue weighted by molar-refractivity contribution is 5.88. The number of rotatable bonds is 6. The fourth-order valence-corrected chi connectivity index (χ4v) is 2.72. The average molecular weight is 270 g/mol. The maximum absolute atomic E-state index is 12.0. The molecule has 1 aliphatic rings. The zero-order valence-corrected chi connectivity index (χ0v) is 12.3. The van der Waals surface area contributed by atoms with Crippen molar-refractivity contribution < 1.29 is 14.3 Å². The van der Waals surface area contributed by atoms with Crippen molar-refractivity contribution in [3.63, 3.8) is 0 Å². The molecule has 1 aliphatic carbocycles. The van der Waals surface area contributed by atoms with Gasteiger partial charge in [0.1, 0.15) is 5.54 Å². The molecule has 19 heavy (non-hydrogen) atoms. The number of carbonyl (C=O) groups is 2. The fourth-order valence-electron chi connectivity index (χ4n) is 2.72. The van der Waals surface area contributed by atoms with Gasteiger partial charge in [0, 0.05) is 13.0 Å². The molecule has 2 N–H and O–H groups in total. The maximum Gasteiger partial charge on any atom is 0.331 e. The Labute approximate surface area is 115 Å². The Morgan fingerprint density at radius 3 is 2.42 bits per heavy atom. The Balaban J connectivity index is 2.67. The lowest BCUT2D eigenvalue weighted by Crippen LogP contribution is -2.57. The largest absolute Gasteiger partial charge is 0.467 e. The quantitative estimate of drug-likeness (QED) is 0.712. The third-order valence-corrected chi connectivity index (χ3v) is 4.09. The van der Waals surface area contributed by atoms with Crippen molar-refractivity contribution in [1.29, 1.82) is 0 Å². The number of methoxy groups -OCH3 is 1. The molecule has 5 nitrogen and oxygen atoms in total. The maximum atomic E-state index is 12.0. The summed E-state index contributed by atoms with van der Waals surface area (Å²) < 4.78 is 4.90. The van der Waals surface area contributed by atoms with Crippen LogP contribution in [0.4, 0.5) is 0 Å². The molecule has 0 aromatic rings. The molecular weight excluding hydrogens is 244 g/mol. The van der Waals surface area contributed by atoms with E-state index in [4.69, 9.17) is 4.74 Å². The Morgan fingerprint density at radius 2 is 1.95 bits per heavy atom. The van der Waals surface area contributed by atoms with Crippen molar-refractivity contribution in [2.75, 3.05) is 20.7 Å². The molecule has 0 atom stereocenters. The zero-order valence-electron chi connectivity index (χ0n) is 12.3. The molecule has 1 fully saturated rings. The van der Waals surface area contributed by atoms with E-state index in [2.05, 4.69) is 17.6 Å². The zero-order chi connectivity index (χ0) is 14.3. The normalized spacial score (nSPS) is 26.8. The van der Waals surface area contributed by atoms with Crippen molar-refractivity contribution in [1.82, 2.24) is 10.6 Å². The van der Waals surface area contributed by atoms with Crippen LogP contribution in [0.3, 0.4) is 0 Å². The van der Waals surface area contributed by atoms with E-state index in [-0.39, 0.29) is 11.9 Å². The molecule has 1 amide bonds. The highest BCUT2D eigenvalue weighted by Crippen LogP contribution is 2.34. The number of amides is 1. The molecule has 1 rings (SSSR count). The van der Waals surface area contributed by atoms with Gasteiger partial charge in [-0.25, -0.2) is 4.79 Å². The molecule has 0 saturated heterocycles. The number of ether oxygens (including phenoxy) is 1. The predicted molar refractivity (Wildman–Crippen MR) is 73.7 cm³/mol. The first kappa shape index (κ1) is 16.0. The van der Waals surface area contributed by atoms with Crippen LogP contribution >= 0.6 is 0 Å². The topological polar surface area (TPSA) is 67.4 Å². The van der Waals surface area contributed by atoms with Gasteiger partial charge >= 0.3 is 5.97 Å². The van der Waals surface area contributed by atoms with Crippen LogP contribution in [0.25, 0.3) is 0 Å². The van der Waals surface area contributed by atoms with Gasteiger partial charge in [-0.2, -0.15) is 0 Å². The molecule has 0 heterocycles. The molecule has 0 aliphatic heterocycles. The van der Waals surface area contributed by atoms with E-state index in [1.54, 1.807) is 7.05 Å². The first-order chi connectivity index (χ1) is 9.07. The van der Waals surface area contributed by atoms with Gasteiger partial charge in [0.15, 0.2) is 0 Å². The summed E-state index contributed by atoms with van der Waals surface area (Å²) in [4.78, 5) is 23.9. The van der Waals surface area contributed by atoms with Gasteiger partial charge < -0.3 is 15.4 Å². The summed E-state index contributed by atoms with van der Waals surface area (Å²) >= 11 is 0. The molecule has 1 saturated carbocycles. The third kappa shape index (κ3) is 4.20. The van der Waals surface area contributed by atoms with Crippen molar-refractivity contribution in [3.05, 3.63) is 0 Å². The van der Waals surface area contributed by atoms with Gasteiger partial charge in [0.05, 0.1) is 7.11 Å². The summed E-state index contributed by atoms with van der Waals surface area (Å²) in [6, 6.07) is 0. The van der Waals surface area contributed by atoms with Crippen LogP contribution in [0.15, 0.2) is 0 Å². The van der Waals surface area contributed by atoms with Crippen LogP contribution in [0.5, 0.6) is 0 Å². The minimum absolute atomic E-state index is 0.0882. The van der Waals surface area contributed by atoms with Gasteiger partial charge in [0.25, 0.3) is 0 Å². The smallest absolute Gasteiger partial charge is 0.331 e. The van der Waals surface area contributed by atoms with Crippen LogP contribution in [0, 0.1) is 5.92 Å². The van der Waals surface area contributed by atoms with Crippen molar-refractivity contribution in [2.45, 2.75) is 51.0 Å². The number of hydrogen-bond acceptors (Lipinski definition) is 4. The molecule has 0 aromatic heterocycles. The molecule has 5 heteroatoms. The van der Waals surface area contributed by atoms with Crippen molar-refractivity contribution >= 4 is 11.9 Å². The van der Waals surface area contributed by atoms with Gasteiger partial charge in [-0.05, 0) is 38.6 Å². The second kappa shape index (κ2) is 7.48. The second-order valence-corrected chi connectivity index (χ2v) is 5.33. The van der Waals surface area contributed by atoms with Crippen LogP contribution in [-0.4, -0.2) is 38.1 Å². The standard InChI is InChI=1S/C14H26N2O3/c1-4-11-5-8-14(9-6-11,13(18)19-3)16-12(17)7-10-15-2/h11,15H,4-10H2,1-3H3,(H,16,17). The molecule has 0 aromatic carbocycles. The predicted octanol–water partition coefficient (Wildman–Crippen LogP) is 1.22.